The van der Waals surface area contributed by atoms with E-state index in [-0.39, 0.29) is 35.5 Å². The van der Waals surface area contributed by atoms with Crippen molar-refractivity contribution in [2.24, 2.45) is 0 Å². The van der Waals surface area contributed by atoms with E-state index in [0.29, 0.717) is 23.4 Å². The minimum atomic E-state index is -1.88. The maximum absolute atomic E-state index is 14.3. The Morgan fingerprint density at radius 3 is 2.77 bits per heavy atom. The van der Waals surface area contributed by atoms with Crippen molar-refractivity contribution in [1.29, 1.82) is 0 Å². The van der Waals surface area contributed by atoms with Gasteiger partial charge in [-0.05, 0) is 31.0 Å². The Kier molecular flexibility index (Phi) is 3.82. The molecule has 2 aliphatic heterocycles. The number of benzene rings is 1. The molecule has 0 spiro atoms. The number of nitrogens with zero attached hydrogens (tertiary/aromatic N) is 2. The number of hydrogen-bond donors (Lipinski definition) is 1. The zero-order valence-corrected chi connectivity index (χ0v) is 16.7. The standard InChI is InChI=1S/C22H19FN2O5/c1-4-22(28)14-6-17-19-12(8-25(17)20(26)13(14)9-30-21(22)27)10(2)11-5-18(29-3)15(23)7-16(11)24-19/h5-7,28H,4,8-9H2,1-3H3/t22-/m0/s1. The van der Waals surface area contributed by atoms with Gasteiger partial charge in [0.05, 0.1) is 36.1 Å². The number of aryl methyl sites for hydroxylation is 1. The lowest BCUT2D eigenvalue weighted by molar-refractivity contribution is -0.172. The second kappa shape index (κ2) is 6.12. The van der Waals surface area contributed by atoms with Crippen LogP contribution in [0.4, 0.5) is 4.39 Å². The first kappa shape index (κ1) is 18.7. The summed E-state index contributed by atoms with van der Waals surface area (Å²) in [5.41, 5.74) is 1.50. The molecule has 0 saturated heterocycles. The van der Waals surface area contributed by atoms with Crippen molar-refractivity contribution in [2.45, 2.75) is 39.0 Å². The molecule has 0 radical (unpaired) electrons. The molecule has 3 aromatic rings. The van der Waals surface area contributed by atoms with Crippen molar-refractivity contribution in [3.05, 3.63) is 56.6 Å². The molecular weight excluding hydrogens is 391 g/mol. The molecule has 0 amide bonds. The van der Waals surface area contributed by atoms with Crippen LogP contribution in [0.25, 0.3) is 22.3 Å². The molecule has 30 heavy (non-hydrogen) atoms. The molecule has 1 atom stereocenters. The van der Waals surface area contributed by atoms with Gasteiger partial charge in [0.25, 0.3) is 5.56 Å². The normalized spacial score (nSPS) is 19.3. The number of fused-ring (bicyclic) bond motifs is 5. The molecule has 1 aromatic carbocycles. The van der Waals surface area contributed by atoms with E-state index in [2.05, 4.69) is 4.98 Å². The molecule has 4 heterocycles. The van der Waals surface area contributed by atoms with Crippen LogP contribution in [0, 0.1) is 12.7 Å². The van der Waals surface area contributed by atoms with Gasteiger partial charge in [0.15, 0.2) is 17.2 Å². The fourth-order valence-corrected chi connectivity index (χ4v) is 4.44. The van der Waals surface area contributed by atoms with E-state index in [4.69, 9.17) is 9.47 Å². The number of methoxy groups -OCH3 is 1. The molecule has 5 rings (SSSR count). The quantitative estimate of drug-likeness (QED) is 0.511. The summed E-state index contributed by atoms with van der Waals surface area (Å²) < 4.78 is 26.0. The van der Waals surface area contributed by atoms with Gasteiger partial charge in [0.1, 0.15) is 6.61 Å². The van der Waals surface area contributed by atoms with Crippen LogP contribution in [0.5, 0.6) is 5.75 Å². The van der Waals surface area contributed by atoms with Crippen LogP contribution in [-0.4, -0.2) is 27.7 Å². The number of aliphatic hydroxyl groups is 1. The Morgan fingerprint density at radius 2 is 2.07 bits per heavy atom. The van der Waals surface area contributed by atoms with Crippen LogP contribution >= 0.6 is 0 Å². The maximum Gasteiger partial charge on any atom is 0.343 e. The van der Waals surface area contributed by atoms with Gasteiger partial charge in [-0.2, -0.15) is 0 Å². The van der Waals surface area contributed by atoms with Crippen LogP contribution in [0.2, 0.25) is 0 Å². The summed E-state index contributed by atoms with van der Waals surface area (Å²) in [4.78, 5) is 30.1. The van der Waals surface area contributed by atoms with E-state index < -0.39 is 17.4 Å². The van der Waals surface area contributed by atoms with Crippen LogP contribution in [0.1, 0.15) is 35.6 Å². The fourth-order valence-electron chi connectivity index (χ4n) is 4.44. The van der Waals surface area contributed by atoms with Gasteiger partial charge in [-0.3, -0.25) is 4.79 Å². The van der Waals surface area contributed by atoms with Crippen LogP contribution in [0.3, 0.4) is 0 Å². The summed E-state index contributed by atoms with van der Waals surface area (Å²) in [6.07, 6.45) is 0.0732. The Morgan fingerprint density at radius 1 is 1.30 bits per heavy atom. The molecule has 2 aliphatic rings. The first-order chi connectivity index (χ1) is 14.3. The Bertz CT molecular complexity index is 1330. The number of esters is 1. The first-order valence-corrected chi connectivity index (χ1v) is 9.64. The van der Waals surface area contributed by atoms with E-state index in [9.17, 15) is 19.1 Å². The minimum Gasteiger partial charge on any atom is -0.494 e. The van der Waals surface area contributed by atoms with Crippen LogP contribution in [0.15, 0.2) is 23.0 Å². The Labute approximate surface area is 170 Å². The second-order valence-electron chi connectivity index (χ2n) is 7.67. The van der Waals surface area contributed by atoms with Gasteiger partial charge in [0.2, 0.25) is 0 Å². The maximum atomic E-state index is 14.3. The number of rotatable bonds is 2. The zero-order valence-electron chi connectivity index (χ0n) is 16.7. The lowest BCUT2D eigenvalue weighted by Gasteiger charge is -2.31. The monoisotopic (exact) mass is 410 g/mol. The highest BCUT2D eigenvalue weighted by Crippen LogP contribution is 2.40. The van der Waals surface area contributed by atoms with Gasteiger partial charge in [-0.1, -0.05) is 6.92 Å². The SMILES string of the molecule is CC[C@@]1(O)C(=O)OCc2c1cc1n(c2=O)Cc2c-1nc1cc(F)c(OC)cc1c2C. The highest BCUT2D eigenvalue weighted by Gasteiger charge is 2.45. The third kappa shape index (κ3) is 2.25. The van der Waals surface area contributed by atoms with Gasteiger partial charge >= 0.3 is 5.97 Å². The van der Waals surface area contributed by atoms with Gasteiger partial charge in [0, 0.05) is 22.6 Å². The molecule has 0 aliphatic carbocycles. The Hall–Kier alpha value is -3.26. The smallest absolute Gasteiger partial charge is 0.343 e. The molecule has 2 aromatic heterocycles. The van der Waals surface area contributed by atoms with Gasteiger partial charge in [-0.25, -0.2) is 14.2 Å². The summed E-state index contributed by atoms with van der Waals surface area (Å²) >= 11 is 0. The molecule has 154 valence electrons. The average molecular weight is 410 g/mol. The lowest BCUT2D eigenvalue weighted by Crippen LogP contribution is -2.44. The van der Waals surface area contributed by atoms with Crippen LogP contribution < -0.4 is 10.3 Å². The molecule has 1 N–H and O–H groups in total. The second-order valence-corrected chi connectivity index (χ2v) is 7.67. The highest BCUT2D eigenvalue weighted by molar-refractivity contribution is 5.89. The molecule has 7 nitrogen and oxygen atoms in total. The van der Waals surface area contributed by atoms with Crippen molar-refractivity contribution in [3.63, 3.8) is 0 Å². The van der Waals surface area contributed by atoms with E-state index in [1.807, 2.05) is 6.92 Å². The van der Waals surface area contributed by atoms with Gasteiger partial charge in [-0.15, -0.1) is 0 Å². The van der Waals surface area contributed by atoms with E-state index in [1.165, 1.54) is 13.2 Å². The predicted octanol–water partition coefficient (Wildman–Crippen LogP) is 2.54. The third-order valence-corrected chi connectivity index (χ3v) is 6.25. The molecule has 0 unspecified atom stereocenters. The number of aromatic nitrogens is 2. The summed E-state index contributed by atoms with van der Waals surface area (Å²) in [6.45, 7) is 3.67. The first-order valence-electron chi connectivity index (χ1n) is 9.64. The average Bonchev–Trinajstić information content (AvgIpc) is 3.10. The van der Waals surface area contributed by atoms with Crippen molar-refractivity contribution in [1.82, 2.24) is 9.55 Å². The minimum absolute atomic E-state index is 0.0732. The number of halogens is 1. The number of ether oxygens (including phenoxy) is 2. The summed E-state index contributed by atoms with van der Waals surface area (Å²) in [6, 6.07) is 4.55. The molecular formula is C22H19FN2O5. The molecule has 0 saturated carbocycles. The molecule has 0 bridgehead atoms. The summed E-state index contributed by atoms with van der Waals surface area (Å²) in [5.74, 6) is -1.17. The summed E-state index contributed by atoms with van der Waals surface area (Å²) in [5, 5.41) is 11.7. The van der Waals surface area contributed by atoms with Crippen LogP contribution in [-0.2, 0) is 28.3 Å². The van der Waals surface area contributed by atoms with Crippen molar-refractivity contribution in [2.75, 3.05) is 7.11 Å². The number of carbonyl (C=O) groups excluding carboxylic acids is 1. The lowest BCUT2D eigenvalue weighted by atomic mass is 9.86. The van der Waals surface area contributed by atoms with E-state index >= 15 is 0 Å². The van der Waals surface area contributed by atoms with E-state index in [1.54, 1.807) is 23.6 Å². The zero-order chi connectivity index (χ0) is 21.4. The fraction of sp³-hybridized carbons (Fsp3) is 0.318. The van der Waals surface area contributed by atoms with Crippen molar-refractivity contribution >= 4 is 16.9 Å². The summed E-state index contributed by atoms with van der Waals surface area (Å²) in [7, 11) is 1.40. The largest absolute Gasteiger partial charge is 0.494 e. The number of pyridine rings is 2. The third-order valence-electron chi connectivity index (χ3n) is 6.25. The molecule has 0 fully saturated rings. The topological polar surface area (TPSA) is 90.7 Å². The Balaban J connectivity index is 1.81. The number of hydrogen-bond acceptors (Lipinski definition) is 6. The predicted molar refractivity (Wildman–Crippen MR) is 106 cm³/mol. The van der Waals surface area contributed by atoms with Crippen molar-refractivity contribution in [3.8, 4) is 17.1 Å². The molecule has 8 heteroatoms. The number of cyclic esters (lactones) is 1. The van der Waals surface area contributed by atoms with Crippen molar-refractivity contribution < 1.29 is 23.8 Å². The van der Waals surface area contributed by atoms with Gasteiger partial charge < -0.3 is 19.1 Å². The highest BCUT2D eigenvalue weighted by atomic mass is 19.1. The van der Waals surface area contributed by atoms with E-state index in [0.717, 1.165) is 16.5 Å². The number of carbonyl (C=O) groups is 1.